The van der Waals surface area contributed by atoms with Crippen molar-refractivity contribution in [2.75, 3.05) is 0 Å². The molecule has 0 spiro atoms. The summed E-state index contributed by atoms with van der Waals surface area (Å²) in [6.07, 6.45) is 0. The highest BCUT2D eigenvalue weighted by atomic mass is 15.1. The van der Waals surface area contributed by atoms with E-state index >= 15 is 0 Å². The summed E-state index contributed by atoms with van der Waals surface area (Å²) in [5.41, 5.74) is 15.4. The van der Waals surface area contributed by atoms with E-state index in [2.05, 4.69) is 167 Å². The van der Waals surface area contributed by atoms with Gasteiger partial charge in [0.25, 0.3) is 0 Å². The van der Waals surface area contributed by atoms with Crippen LogP contribution in [0.15, 0.2) is 164 Å². The molecule has 0 N–H and O–H groups in total. The molecule has 0 fully saturated rings. The number of fused-ring (bicyclic) bond motifs is 9. The molecule has 0 radical (unpaired) electrons. The van der Waals surface area contributed by atoms with Crippen LogP contribution in [0.25, 0.3) is 89.0 Å². The van der Waals surface area contributed by atoms with Crippen LogP contribution >= 0.6 is 0 Å². The largest absolute Gasteiger partial charge is 0.308 e. The summed E-state index contributed by atoms with van der Waals surface area (Å²) in [5.74, 6) is 0.941. The van der Waals surface area contributed by atoms with Gasteiger partial charge in [0.15, 0.2) is 0 Å². The van der Waals surface area contributed by atoms with Crippen LogP contribution in [0.2, 0.25) is 0 Å². The molecule has 0 saturated heterocycles. The second kappa shape index (κ2) is 9.65. The Kier molecular flexibility index (Phi) is 5.28. The first-order valence-electron chi connectivity index (χ1n) is 15.7. The van der Waals surface area contributed by atoms with Crippen LogP contribution in [0.5, 0.6) is 0 Å². The summed E-state index contributed by atoms with van der Waals surface area (Å²) in [6, 6.07) is 59.0. The number of hydrogen-bond donors (Lipinski definition) is 0. The number of rotatable bonds is 3. The van der Waals surface area contributed by atoms with Crippen molar-refractivity contribution in [2.24, 2.45) is 0 Å². The average molecular weight is 586 g/mol. The predicted octanol–water partition coefficient (Wildman–Crippen LogP) is 11.1. The van der Waals surface area contributed by atoms with E-state index in [-0.39, 0.29) is 0 Å². The molecular formula is C43H27N3. The third-order valence-corrected chi connectivity index (χ3v) is 9.49. The number of aromatic nitrogens is 3. The Hall–Kier alpha value is -6.19. The molecule has 3 nitrogen and oxygen atoms in total. The second-order valence-corrected chi connectivity index (χ2v) is 12.0. The van der Waals surface area contributed by atoms with Crippen molar-refractivity contribution < 1.29 is 0 Å². The van der Waals surface area contributed by atoms with Gasteiger partial charge in [-0.1, -0.05) is 121 Å². The van der Waals surface area contributed by atoms with Gasteiger partial charge in [0, 0.05) is 33.2 Å². The first kappa shape index (κ1) is 25.2. The van der Waals surface area contributed by atoms with Gasteiger partial charge in [0.05, 0.1) is 27.8 Å². The van der Waals surface area contributed by atoms with Crippen LogP contribution in [-0.2, 0) is 0 Å². The number of nitrogens with zero attached hydrogens (tertiary/aromatic N) is 3. The number of para-hydroxylation sites is 5. The molecule has 0 aliphatic carbocycles. The van der Waals surface area contributed by atoms with Crippen molar-refractivity contribution in [2.45, 2.75) is 0 Å². The molecule has 10 rings (SSSR count). The van der Waals surface area contributed by atoms with Gasteiger partial charge < -0.3 is 4.57 Å². The standard InChI is InChI=1S/C43H27N3/c1-2-11-31(12-3-1)45-41-20-9-7-18-38(41)44-43(45)29-23-21-28(22-24-29)30-25-26-40-37(27-30)33-14-5-4-13-32(33)35-16-10-17-36-34-15-6-8-19-39(34)46(40)42(35)36/h1-27H. The van der Waals surface area contributed by atoms with Gasteiger partial charge in [-0.3, -0.25) is 4.57 Å². The lowest BCUT2D eigenvalue weighted by molar-refractivity contribution is 1.10. The normalized spacial score (nSPS) is 11.9. The van der Waals surface area contributed by atoms with Crippen molar-refractivity contribution in [3.8, 4) is 56.1 Å². The Morgan fingerprint density at radius 3 is 1.87 bits per heavy atom. The monoisotopic (exact) mass is 585 g/mol. The van der Waals surface area contributed by atoms with E-state index < -0.39 is 0 Å². The SMILES string of the molecule is c1ccc(-n2c(-c3ccc(-c4ccc5c(c4)-c4ccccc4-c4cccc6c7ccccc7n-5c46)cc3)nc3ccccc32)cc1. The summed E-state index contributed by atoms with van der Waals surface area (Å²) in [7, 11) is 0. The zero-order valence-corrected chi connectivity index (χ0v) is 24.9. The van der Waals surface area contributed by atoms with Crippen LogP contribution in [-0.4, -0.2) is 14.1 Å². The minimum absolute atomic E-state index is 0.941. The van der Waals surface area contributed by atoms with Gasteiger partial charge in [0.1, 0.15) is 5.82 Å². The van der Waals surface area contributed by atoms with Gasteiger partial charge in [-0.2, -0.15) is 0 Å². The van der Waals surface area contributed by atoms with Crippen LogP contribution in [0.4, 0.5) is 0 Å². The third-order valence-electron chi connectivity index (χ3n) is 9.49. The van der Waals surface area contributed by atoms with Gasteiger partial charge >= 0.3 is 0 Å². The zero-order valence-electron chi connectivity index (χ0n) is 24.9. The first-order chi connectivity index (χ1) is 22.8. The number of imidazole rings is 1. The molecule has 46 heavy (non-hydrogen) atoms. The minimum atomic E-state index is 0.941. The molecule has 0 amide bonds. The third kappa shape index (κ3) is 3.57. The molecule has 3 heterocycles. The molecule has 9 aromatic rings. The molecule has 0 atom stereocenters. The molecule has 1 aliphatic rings. The van der Waals surface area contributed by atoms with Gasteiger partial charge in [0.2, 0.25) is 0 Å². The van der Waals surface area contributed by atoms with E-state index in [1.807, 2.05) is 6.07 Å². The maximum absolute atomic E-state index is 5.07. The Labute approximate surface area is 266 Å². The maximum atomic E-state index is 5.07. The van der Waals surface area contributed by atoms with Crippen molar-refractivity contribution in [1.29, 1.82) is 0 Å². The summed E-state index contributed by atoms with van der Waals surface area (Å²) in [6.45, 7) is 0. The van der Waals surface area contributed by atoms with E-state index in [0.717, 1.165) is 28.1 Å². The highest BCUT2D eigenvalue weighted by molar-refractivity contribution is 6.16. The van der Waals surface area contributed by atoms with E-state index in [0.29, 0.717) is 0 Å². The molecule has 0 unspecified atom stereocenters. The zero-order chi connectivity index (χ0) is 30.2. The first-order valence-corrected chi connectivity index (χ1v) is 15.7. The molecule has 1 aliphatic heterocycles. The quantitative estimate of drug-likeness (QED) is 0.202. The van der Waals surface area contributed by atoms with E-state index in [9.17, 15) is 0 Å². The fraction of sp³-hybridized carbons (Fsp3) is 0. The second-order valence-electron chi connectivity index (χ2n) is 12.0. The van der Waals surface area contributed by atoms with E-state index in [1.54, 1.807) is 0 Å². The Morgan fingerprint density at radius 1 is 0.391 bits per heavy atom. The summed E-state index contributed by atoms with van der Waals surface area (Å²) in [4.78, 5) is 5.07. The van der Waals surface area contributed by atoms with Gasteiger partial charge in [-0.25, -0.2) is 4.98 Å². The highest BCUT2D eigenvalue weighted by Crippen LogP contribution is 2.47. The van der Waals surface area contributed by atoms with Crippen LogP contribution in [0.1, 0.15) is 0 Å². The van der Waals surface area contributed by atoms with Crippen molar-refractivity contribution in [3.63, 3.8) is 0 Å². The molecule has 2 aromatic heterocycles. The van der Waals surface area contributed by atoms with E-state index in [4.69, 9.17) is 4.98 Å². The predicted molar refractivity (Wildman–Crippen MR) is 191 cm³/mol. The van der Waals surface area contributed by atoms with Crippen LogP contribution in [0.3, 0.4) is 0 Å². The fourth-order valence-corrected chi connectivity index (χ4v) is 7.44. The average Bonchev–Trinajstić information content (AvgIpc) is 3.65. The molecule has 0 saturated carbocycles. The van der Waals surface area contributed by atoms with Crippen molar-refractivity contribution >= 4 is 32.8 Å². The molecule has 0 bridgehead atoms. The molecule has 3 heteroatoms. The summed E-state index contributed by atoms with van der Waals surface area (Å²) >= 11 is 0. The minimum Gasteiger partial charge on any atom is -0.308 e. The topological polar surface area (TPSA) is 22.8 Å². The van der Waals surface area contributed by atoms with Gasteiger partial charge in [-0.15, -0.1) is 0 Å². The van der Waals surface area contributed by atoms with Crippen LogP contribution < -0.4 is 0 Å². The molecular weight excluding hydrogens is 558 g/mol. The van der Waals surface area contributed by atoms with Crippen molar-refractivity contribution in [3.05, 3.63) is 164 Å². The Balaban J connectivity index is 1.15. The lowest BCUT2D eigenvalue weighted by atomic mass is 9.91. The summed E-state index contributed by atoms with van der Waals surface area (Å²) < 4.78 is 4.72. The van der Waals surface area contributed by atoms with Crippen molar-refractivity contribution in [1.82, 2.24) is 14.1 Å². The molecule has 7 aromatic carbocycles. The molecule has 214 valence electrons. The van der Waals surface area contributed by atoms with Gasteiger partial charge in [-0.05, 0) is 64.7 Å². The fourth-order valence-electron chi connectivity index (χ4n) is 7.44. The summed E-state index contributed by atoms with van der Waals surface area (Å²) in [5, 5.41) is 2.57. The maximum Gasteiger partial charge on any atom is 0.145 e. The Bertz CT molecular complexity index is 2620. The highest BCUT2D eigenvalue weighted by Gasteiger charge is 2.24. The Morgan fingerprint density at radius 2 is 1.02 bits per heavy atom. The number of benzene rings is 7. The lowest BCUT2D eigenvalue weighted by Gasteiger charge is -2.15. The van der Waals surface area contributed by atoms with E-state index in [1.165, 1.54) is 60.9 Å². The number of hydrogen-bond acceptors (Lipinski definition) is 1. The lowest BCUT2D eigenvalue weighted by Crippen LogP contribution is -1.97. The van der Waals surface area contributed by atoms with Crippen LogP contribution in [0, 0.1) is 0 Å². The smallest absolute Gasteiger partial charge is 0.145 e.